The molecule has 0 fully saturated rings. The van der Waals surface area contributed by atoms with Crippen LogP contribution >= 0.6 is 11.8 Å². The van der Waals surface area contributed by atoms with Gasteiger partial charge in [-0.3, -0.25) is 14.9 Å². The quantitative estimate of drug-likeness (QED) is 0.474. The Labute approximate surface area is 117 Å². The number of carbonyl (C=O) groups excluding carboxylic acids is 1. The number of rotatable bonds is 6. The van der Waals surface area contributed by atoms with Gasteiger partial charge in [-0.15, -0.1) is 11.8 Å². The van der Waals surface area contributed by atoms with Gasteiger partial charge in [-0.05, 0) is 18.4 Å². The molecule has 0 spiro atoms. The molecule has 1 amide bonds. The van der Waals surface area contributed by atoms with E-state index in [1.807, 2.05) is 5.32 Å². The molecule has 1 aromatic rings. The Kier molecular flexibility index (Phi) is 5.83. The van der Waals surface area contributed by atoms with Gasteiger partial charge in [0.1, 0.15) is 11.7 Å². The highest BCUT2D eigenvalue weighted by Crippen LogP contribution is 2.24. The van der Waals surface area contributed by atoms with Crippen LogP contribution in [0.2, 0.25) is 0 Å². The van der Waals surface area contributed by atoms with E-state index < -0.39 is 35.6 Å². The number of nitro benzene ring substituents is 1. The average molecular weight is 306 g/mol. The van der Waals surface area contributed by atoms with Gasteiger partial charge in [0.25, 0.3) is 18.0 Å². The molecule has 0 bridgehead atoms. The molecule has 1 atom stereocenters. The predicted octanol–water partition coefficient (Wildman–Crippen LogP) is 1.67. The first-order valence-corrected chi connectivity index (χ1v) is 6.66. The smallest absolute Gasteiger partial charge is 0.282 e. The molecule has 6 nitrogen and oxygen atoms in total. The molecule has 0 saturated heterocycles. The number of thioether (sulfide) groups is 1. The van der Waals surface area contributed by atoms with E-state index in [2.05, 4.69) is 0 Å². The molecule has 110 valence electrons. The third kappa shape index (κ3) is 4.14. The van der Waals surface area contributed by atoms with Crippen molar-refractivity contribution >= 4 is 23.4 Å². The van der Waals surface area contributed by atoms with Gasteiger partial charge < -0.3 is 10.4 Å². The molecule has 0 saturated carbocycles. The summed E-state index contributed by atoms with van der Waals surface area (Å²) in [6, 6.07) is 3.95. The molecular formula is C11H12F2N2O4S. The van der Waals surface area contributed by atoms with Crippen molar-refractivity contribution in [1.29, 1.82) is 0 Å². The number of halogens is 2. The van der Waals surface area contributed by atoms with Crippen LogP contribution in [0.15, 0.2) is 23.1 Å². The van der Waals surface area contributed by atoms with E-state index in [0.29, 0.717) is 4.90 Å². The second-order valence-corrected chi connectivity index (χ2v) is 4.63. The number of carbonyl (C=O) groups is 1. The van der Waals surface area contributed by atoms with Crippen LogP contribution in [0.5, 0.6) is 0 Å². The van der Waals surface area contributed by atoms with Crippen molar-refractivity contribution in [3.8, 4) is 0 Å². The number of hydrogen-bond donors (Lipinski definition) is 2. The van der Waals surface area contributed by atoms with Gasteiger partial charge in [0.2, 0.25) is 0 Å². The molecular weight excluding hydrogens is 294 g/mol. The minimum absolute atomic E-state index is 0.233. The molecule has 20 heavy (non-hydrogen) atoms. The monoisotopic (exact) mass is 306 g/mol. The molecule has 0 aromatic heterocycles. The van der Waals surface area contributed by atoms with Crippen LogP contribution in [0, 0.1) is 10.1 Å². The Morgan fingerprint density at radius 3 is 2.70 bits per heavy atom. The van der Waals surface area contributed by atoms with Crippen molar-refractivity contribution in [2.24, 2.45) is 0 Å². The highest BCUT2D eigenvalue weighted by molar-refractivity contribution is 7.98. The van der Waals surface area contributed by atoms with E-state index in [1.165, 1.54) is 30.0 Å². The molecule has 1 unspecified atom stereocenters. The average Bonchev–Trinajstić information content (AvgIpc) is 2.43. The first-order chi connectivity index (χ1) is 9.36. The van der Waals surface area contributed by atoms with Gasteiger partial charge in [0.15, 0.2) is 0 Å². The maximum atomic E-state index is 12.1. The minimum atomic E-state index is -3.00. The largest absolute Gasteiger partial charge is 0.385 e. The zero-order valence-corrected chi connectivity index (χ0v) is 11.2. The molecule has 0 aliphatic carbocycles. The van der Waals surface area contributed by atoms with E-state index in [9.17, 15) is 23.7 Å². The van der Waals surface area contributed by atoms with Crippen LogP contribution in [-0.4, -0.2) is 41.3 Å². The van der Waals surface area contributed by atoms with E-state index in [-0.39, 0.29) is 5.56 Å². The lowest BCUT2D eigenvalue weighted by molar-refractivity contribution is -0.385. The number of amides is 1. The number of alkyl halides is 2. The fraction of sp³-hybridized carbons (Fsp3) is 0.364. The van der Waals surface area contributed by atoms with Crippen molar-refractivity contribution < 1.29 is 23.6 Å². The van der Waals surface area contributed by atoms with Gasteiger partial charge in [-0.2, -0.15) is 0 Å². The maximum absolute atomic E-state index is 12.1. The lowest BCUT2D eigenvalue weighted by Gasteiger charge is -2.11. The summed E-state index contributed by atoms with van der Waals surface area (Å²) in [7, 11) is 0. The van der Waals surface area contributed by atoms with Gasteiger partial charge in [-0.1, -0.05) is 0 Å². The Bertz CT molecular complexity index is 513. The van der Waals surface area contributed by atoms with Gasteiger partial charge in [0.05, 0.1) is 4.92 Å². The minimum Gasteiger partial charge on any atom is -0.385 e. The van der Waals surface area contributed by atoms with Crippen molar-refractivity contribution in [3.05, 3.63) is 33.9 Å². The van der Waals surface area contributed by atoms with Gasteiger partial charge >= 0.3 is 0 Å². The highest BCUT2D eigenvalue weighted by atomic mass is 32.2. The van der Waals surface area contributed by atoms with Crippen molar-refractivity contribution in [1.82, 2.24) is 5.32 Å². The number of benzene rings is 1. The third-order valence-electron chi connectivity index (χ3n) is 2.41. The van der Waals surface area contributed by atoms with E-state index in [1.54, 1.807) is 6.26 Å². The van der Waals surface area contributed by atoms with E-state index in [4.69, 9.17) is 5.11 Å². The Morgan fingerprint density at radius 1 is 1.55 bits per heavy atom. The van der Waals surface area contributed by atoms with Crippen LogP contribution in [-0.2, 0) is 0 Å². The first kappa shape index (κ1) is 16.3. The van der Waals surface area contributed by atoms with E-state index >= 15 is 0 Å². The number of hydrogen-bond acceptors (Lipinski definition) is 5. The number of aliphatic hydroxyl groups is 1. The highest BCUT2D eigenvalue weighted by Gasteiger charge is 2.23. The Balaban J connectivity index is 2.93. The number of nitro groups is 1. The van der Waals surface area contributed by atoms with Gasteiger partial charge in [-0.25, -0.2) is 8.78 Å². The molecule has 0 heterocycles. The van der Waals surface area contributed by atoms with Crippen LogP contribution in [0.25, 0.3) is 0 Å². The summed E-state index contributed by atoms with van der Waals surface area (Å²) in [5.41, 5.74) is -0.657. The predicted molar refractivity (Wildman–Crippen MR) is 69.2 cm³/mol. The molecule has 0 aliphatic heterocycles. The second kappa shape index (κ2) is 7.15. The molecule has 9 heteroatoms. The fourth-order valence-electron chi connectivity index (χ4n) is 1.36. The summed E-state index contributed by atoms with van der Waals surface area (Å²) in [4.78, 5) is 22.5. The number of aliphatic hydroxyl groups excluding tert-OH is 1. The van der Waals surface area contributed by atoms with Crippen molar-refractivity contribution in [2.45, 2.75) is 17.4 Å². The van der Waals surface area contributed by atoms with Crippen LogP contribution < -0.4 is 5.32 Å². The molecule has 1 rings (SSSR count). The van der Waals surface area contributed by atoms with E-state index in [0.717, 1.165) is 0 Å². The molecule has 1 aromatic carbocycles. The summed E-state index contributed by atoms with van der Waals surface area (Å²) >= 11 is 1.28. The number of nitrogens with one attached hydrogen (secondary N) is 1. The van der Waals surface area contributed by atoms with Crippen LogP contribution in [0.3, 0.4) is 0 Å². The fourth-order valence-corrected chi connectivity index (χ4v) is 1.80. The topological polar surface area (TPSA) is 92.5 Å². The standard InChI is InChI=1S/C11H12F2N2O4S/c1-20-6-2-3-8(15(18)19)7(4-6)11(17)14-5-9(16)10(12)13/h2-4,9-10,16H,5H2,1H3,(H,14,17). The second-order valence-electron chi connectivity index (χ2n) is 3.75. The normalized spacial score (nSPS) is 12.2. The summed E-state index contributed by atoms with van der Waals surface area (Å²) in [5, 5.41) is 21.8. The zero-order valence-electron chi connectivity index (χ0n) is 10.4. The lowest BCUT2D eigenvalue weighted by Crippen LogP contribution is -2.36. The Morgan fingerprint density at radius 2 is 2.20 bits per heavy atom. The molecule has 0 aliphatic rings. The van der Waals surface area contributed by atoms with Crippen molar-refractivity contribution in [2.75, 3.05) is 12.8 Å². The van der Waals surface area contributed by atoms with Crippen LogP contribution in [0.1, 0.15) is 10.4 Å². The lowest BCUT2D eigenvalue weighted by atomic mass is 10.1. The Hall–Kier alpha value is -1.74. The SMILES string of the molecule is CSc1ccc([N+](=O)[O-])c(C(=O)NCC(O)C(F)F)c1. The molecule has 0 radical (unpaired) electrons. The van der Waals surface area contributed by atoms with Crippen molar-refractivity contribution in [3.63, 3.8) is 0 Å². The zero-order chi connectivity index (χ0) is 15.3. The summed E-state index contributed by atoms with van der Waals surface area (Å²) in [5.74, 6) is -0.882. The summed E-state index contributed by atoms with van der Waals surface area (Å²) in [6.07, 6.45) is -3.28. The first-order valence-electron chi connectivity index (χ1n) is 5.43. The maximum Gasteiger partial charge on any atom is 0.282 e. The number of nitrogens with zero attached hydrogens (tertiary/aromatic N) is 1. The van der Waals surface area contributed by atoms with Gasteiger partial charge in [0, 0.05) is 17.5 Å². The summed E-state index contributed by atoms with van der Waals surface area (Å²) in [6.45, 7) is -0.683. The third-order valence-corrected chi connectivity index (χ3v) is 3.13. The summed E-state index contributed by atoms with van der Waals surface area (Å²) < 4.78 is 24.2. The molecule has 2 N–H and O–H groups in total. The van der Waals surface area contributed by atoms with Crippen LogP contribution in [0.4, 0.5) is 14.5 Å².